The lowest BCUT2D eigenvalue weighted by atomic mass is 10.1. The van der Waals surface area contributed by atoms with Gasteiger partial charge in [0, 0.05) is 23.0 Å². The van der Waals surface area contributed by atoms with E-state index in [1.165, 1.54) is 17.4 Å². The second-order valence-corrected chi connectivity index (χ2v) is 7.97. The summed E-state index contributed by atoms with van der Waals surface area (Å²) in [5, 5.41) is 7.02. The van der Waals surface area contributed by atoms with Gasteiger partial charge in [0.05, 0.1) is 21.4 Å². The van der Waals surface area contributed by atoms with Gasteiger partial charge in [-0.15, -0.1) is 11.3 Å². The van der Waals surface area contributed by atoms with E-state index in [1.807, 2.05) is 37.3 Å². The van der Waals surface area contributed by atoms with Crippen LogP contribution in [0.15, 0.2) is 66.2 Å². The lowest BCUT2D eigenvalue weighted by Crippen LogP contribution is -2.13. The molecule has 5 aromatic rings. The molecule has 158 valence electrons. The van der Waals surface area contributed by atoms with E-state index in [0.717, 1.165) is 33.6 Å². The molecule has 0 unspecified atom stereocenters. The summed E-state index contributed by atoms with van der Waals surface area (Å²) in [6.07, 6.45) is 0. The molecule has 9 heteroatoms. The number of halogens is 2. The van der Waals surface area contributed by atoms with Gasteiger partial charge in [0.15, 0.2) is 23.1 Å². The van der Waals surface area contributed by atoms with Crippen LogP contribution in [0.3, 0.4) is 0 Å². The van der Waals surface area contributed by atoms with Gasteiger partial charge in [-0.05, 0) is 49.4 Å². The van der Waals surface area contributed by atoms with Crippen LogP contribution in [0.1, 0.15) is 16.2 Å². The highest BCUT2D eigenvalue weighted by Gasteiger charge is 2.19. The number of pyridine rings is 1. The average Bonchev–Trinajstić information content (AvgIpc) is 3.43. The molecule has 6 nitrogen and oxygen atoms in total. The molecule has 3 aromatic heterocycles. The number of aryl methyl sites for hydroxylation is 1. The van der Waals surface area contributed by atoms with Gasteiger partial charge in [0.25, 0.3) is 5.91 Å². The number of fused-ring (bicyclic) bond motifs is 1. The molecule has 1 N–H and O–H groups in total. The van der Waals surface area contributed by atoms with Crippen LogP contribution in [-0.2, 0) is 0 Å². The van der Waals surface area contributed by atoms with Crippen molar-refractivity contribution in [1.29, 1.82) is 0 Å². The van der Waals surface area contributed by atoms with Gasteiger partial charge in [-0.1, -0.05) is 12.1 Å². The first kappa shape index (κ1) is 20.0. The molecule has 0 fully saturated rings. The summed E-state index contributed by atoms with van der Waals surface area (Å²) in [6, 6.07) is 16.1. The van der Waals surface area contributed by atoms with E-state index in [1.54, 1.807) is 22.3 Å². The topological polar surface area (TPSA) is 72.7 Å². The first-order valence-corrected chi connectivity index (χ1v) is 10.5. The Morgan fingerprint density at radius 1 is 1.03 bits per heavy atom. The van der Waals surface area contributed by atoms with Crippen molar-refractivity contribution in [3.63, 3.8) is 0 Å². The van der Waals surface area contributed by atoms with Crippen LogP contribution in [0.5, 0.6) is 0 Å². The van der Waals surface area contributed by atoms with Crippen LogP contribution in [0.4, 0.5) is 14.5 Å². The quantitative estimate of drug-likeness (QED) is 0.401. The lowest BCUT2D eigenvalue weighted by molar-refractivity contribution is 0.102. The predicted molar refractivity (Wildman–Crippen MR) is 119 cm³/mol. The van der Waals surface area contributed by atoms with Crippen molar-refractivity contribution in [3.05, 3.63) is 89.2 Å². The Hall–Kier alpha value is -3.98. The summed E-state index contributed by atoms with van der Waals surface area (Å²) in [5.41, 5.74) is 5.19. The van der Waals surface area contributed by atoms with E-state index in [-0.39, 0.29) is 11.4 Å². The first-order chi connectivity index (χ1) is 15.5. The Kier molecular flexibility index (Phi) is 4.95. The number of aromatic nitrogens is 4. The average molecular weight is 447 g/mol. The number of anilines is 1. The third-order valence-electron chi connectivity index (χ3n) is 4.84. The van der Waals surface area contributed by atoms with Crippen molar-refractivity contribution >= 4 is 33.1 Å². The summed E-state index contributed by atoms with van der Waals surface area (Å²) >= 11 is 1.52. The maximum atomic E-state index is 13.5. The fraction of sp³-hybridized carbons (Fsp3) is 0.0435. The molecule has 2 aromatic carbocycles. The Morgan fingerprint density at radius 2 is 1.91 bits per heavy atom. The summed E-state index contributed by atoms with van der Waals surface area (Å²) < 4.78 is 29.3. The van der Waals surface area contributed by atoms with Crippen LogP contribution in [0, 0.1) is 18.6 Å². The maximum Gasteiger partial charge on any atom is 0.276 e. The highest BCUT2D eigenvalue weighted by Crippen LogP contribution is 2.29. The third-order valence-corrected chi connectivity index (χ3v) is 5.63. The van der Waals surface area contributed by atoms with Gasteiger partial charge < -0.3 is 5.32 Å². The van der Waals surface area contributed by atoms with Gasteiger partial charge in [-0.2, -0.15) is 5.10 Å². The second-order valence-electron chi connectivity index (χ2n) is 7.08. The number of hydrogen-bond donors (Lipinski definition) is 1. The number of nitrogens with zero attached hydrogens (tertiary/aromatic N) is 4. The molecule has 0 bridgehead atoms. The van der Waals surface area contributed by atoms with E-state index in [2.05, 4.69) is 20.4 Å². The molecule has 1 amide bonds. The fourth-order valence-electron chi connectivity index (χ4n) is 3.30. The zero-order valence-electron chi connectivity index (χ0n) is 16.7. The Morgan fingerprint density at radius 3 is 2.72 bits per heavy atom. The van der Waals surface area contributed by atoms with Crippen molar-refractivity contribution in [3.8, 4) is 17.1 Å². The van der Waals surface area contributed by atoms with Gasteiger partial charge in [-0.3, -0.25) is 4.79 Å². The van der Waals surface area contributed by atoms with Crippen molar-refractivity contribution in [2.24, 2.45) is 0 Å². The molecule has 0 saturated heterocycles. The summed E-state index contributed by atoms with van der Waals surface area (Å²) in [7, 11) is 0. The smallest absolute Gasteiger partial charge is 0.276 e. The number of rotatable bonds is 4. The number of amides is 1. The molecule has 5 rings (SSSR count). The van der Waals surface area contributed by atoms with E-state index in [0.29, 0.717) is 11.5 Å². The zero-order valence-corrected chi connectivity index (χ0v) is 17.5. The molecule has 0 radical (unpaired) electrons. The van der Waals surface area contributed by atoms with Crippen LogP contribution in [0.25, 0.3) is 27.3 Å². The zero-order chi connectivity index (χ0) is 22.2. The van der Waals surface area contributed by atoms with Crippen molar-refractivity contribution in [2.75, 3.05) is 5.32 Å². The van der Waals surface area contributed by atoms with Crippen LogP contribution in [0.2, 0.25) is 0 Å². The molecular weight excluding hydrogens is 432 g/mol. The number of benzene rings is 2. The minimum absolute atomic E-state index is 0.109. The number of hydrogen-bond acceptors (Lipinski definition) is 5. The Balaban J connectivity index is 1.58. The Labute approximate surface area is 185 Å². The van der Waals surface area contributed by atoms with Crippen molar-refractivity contribution < 1.29 is 13.6 Å². The maximum absolute atomic E-state index is 13.5. The van der Waals surface area contributed by atoms with Gasteiger partial charge in [0.1, 0.15) is 0 Å². The summed E-state index contributed by atoms with van der Waals surface area (Å²) in [4.78, 5) is 21.7. The SMILES string of the molecule is Cc1cccc(-n2nc(C(=O)Nc3ccc(F)c(F)c3)cc2-c2ccc3ncsc3c2)n1. The molecule has 3 heterocycles. The highest BCUT2D eigenvalue weighted by atomic mass is 32.1. The van der Waals surface area contributed by atoms with Gasteiger partial charge in [0.2, 0.25) is 0 Å². The van der Waals surface area contributed by atoms with Gasteiger partial charge >= 0.3 is 0 Å². The second kappa shape index (κ2) is 7.93. The minimum Gasteiger partial charge on any atom is -0.320 e. The third kappa shape index (κ3) is 3.74. The largest absolute Gasteiger partial charge is 0.320 e. The summed E-state index contributed by atoms with van der Waals surface area (Å²) in [5.74, 6) is -2.03. The number of carbonyl (C=O) groups is 1. The van der Waals surface area contributed by atoms with Crippen LogP contribution in [-0.4, -0.2) is 25.7 Å². The highest BCUT2D eigenvalue weighted by molar-refractivity contribution is 7.16. The van der Waals surface area contributed by atoms with Gasteiger partial charge in [-0.25, -0.2) is 23.4 Å². The van der Waals surface area contributed by atoms with Crippen LogP contribution < -0.4 is 5.32 Å². The lowest BCUT2D eigenvalue weighted by Gasteiger charge is -2.07. The van der Waals surface area contributed by atoms with Crippen molar-refractivity contribution in [1.82, 2.24) is 19.7 Å². The predicted octanol–water partition coefficient (Wildman–Crippen LogP) is 5.38. The standard InChI is InChI=1S/C23H15F2N5OS/c1-13-3-2-4-22(27-13)30-20(14-5-8-18-21(9-14)32-12-26-18)11-19(29-30)23(31)28-15-6-7-16(24)17(25)10-15/h2-12H,1H3,(H,28,31). The van der Waals surface area contributed by atoms with Crippen molar-refractivity contribution in [2.45, 2.75) is 6.92 Å². The van der Waals surface area contributed by atoms with E-state index in [9.17, 15) is 13.6 Å². The molecule has 0 spiro atoms. The Bertz CT molecular complexity index is 1480. The number of thiazole rings is 1. The summed E-state index contributed by atoms with van der Waals surface area (Å²) in [6.45, 7) is 1.87. The normalized spacial score (nSPS) is 11.1. The van der Waals surface area contributed by atoms with E-state index in [4.69, 9.17) is 0 Å². The number of nitrogens with one attached hydrogen (secondary N) is 1. The molecule has 0 atom stereocenters. The first-order valence-electron chi connectivity index (χ1n) is 9.62. The molecule has 0 saturated carbocycles. The molecular formula is C23H15F2N5OS. The molecule has 0 aliphatic rings. The molecule has 0 aliphatic carbocycles. The number of carbonyl (C=O) groups excluding carboxylic acids is 1. The molecule has 32 heavy (non-hydrogen) atoms. The fourth-order valence-corrected chi connectivity index (χ4v) is 4.02. The monoisotopic (exact) mass is 447 g/mol. The van der Waals surface area contributed by atoms with E-state index < -0.39 is 17.5 Å². The molecule has 0 aliphatic heterocycles. The van der Waals surface area contributed by atoms with E-state index >= 15 is 0 Å². The minimum atomic E-state index is -1.05. The van der Waals surface area contributed by atoms with Crippen LogP contribution >= 0.6 is 11.3 Å².